The van der Waals surface area contributed by atoms with E-state index >= 15 is 0 Å². The summed E-state index contributed by atoms with van der Waals surface area (Å²) < 4.78 is 5.30. The Morgan fingerprint density at radius 2 is 1.58 bits per heavy atom. The molecule has 0 spiro atoms. The Hall–Kier alpha value is -5.16. The van der Waals surface area contributed by atoms with E-state index in [0.717, 1.165) is 15.6 Å². The molecule has 1 heterocycles. The summed E-state index contributed by atoms with van der Waals surface area (Å²) >= 11 is 6.26. The summed E-state index contributed by atoms with van der Waals surface area (Å²) in [6, 6.07) is 16.5. The van der Waals surface area contributed by atoms with Gasteiger partial charge in [0.2, 0.25) is 0 Å². The molecule has 2 atom stereocenters. The van der Waals surface area contributed by atoms with Crippen molar-refractivity contribution in [2.24, 2.45) is 11.8 Å². The smallest absolute Gasteiger partial charge is 0.343 e. The zero-order valence-electron chi connectivity index (χ0n) is 22.8. The monoisotopic (exact) mass is 601 g/mol. The van der Waals surface area contributed by atoms with Gasteiger partial charge in [0.05, 0.1) is 32.9 Å². The van der Waals surface area contributed by atoms with E-state index in [4.69, 9.17) is 16.3 Å². The number of hydrogen-bond acceptors (Lipinski definition) is 8. The van der Waals surface area contributed by atoms with E-state index in [2.05, 4.69) is 0 Å². The second kappa shape index (κ2) is 12.0. The lowest BCUT2D eigenvalue weighted by molar-refractivity contribution is -0.384. The molecule has 3 amide bonds. The lowest BCUT2D eigenvalue weighted by Crippen LogP contribution is -2.52. The van der Waals surface area contributed by atoms with Gasteiger partial charge in [-0.2, -0.15) is 5.01 Å². The molecule has 11 nitrogen and oxygen atoms in total. The summed E-state index contributed by atoms with van der Waals surface area (Å²) in [6.07, 6.45) is 2.64. The van der Waals surface area contributed by atoms with E-state index < -0.39 is 52.8 Å². The van der Waals surface area contributed by atoms with E-state index in [0.29, 0.717) is 12.8 Å². The fourth-order valence-electron chi connectivity index (χ4n) is 5.09. The van der Waals surface area contributed by atoms with Gasteiger partial charge in [-0.1, -0.05) is 35.4 Å². The summed E-state index contributed by atoms with van der Waals surface area (Å²) in [5.74, 6) is -4.39. The Morgan fingerprint density at radius 3 is 2.23 bits per heavy atom. The number of Topliss-reactive ketones (excluding diaryl/α,β-unsaturated/α-hetero) is 1. The maximum Gasteiger partial charge on any atom is 0.343 e. The van der Waals surface area contributed by atoms with Crippen molar-refractivity contribution in [3.05, 3.63) is 116 Å². The van der Waals surface area contributed by atoms with E-state index in [1.165, 1.54) is 60.7 Å². The lowest BCUT2D eigenvalue weighted by Gasteiger charge is -2.30. The number of hydrazine groups is 1. The Kier molecular flexibility index (Phi) is 8.18. The van der Waals surface area contributed by atoms with E-state index in [9.17, 15) is 34.1 Å². The molecular weight excluding hydrogens is 578 g/mol. The zero-order valence-corrected chi connectivity index (χ0v) is 23.5. The number of imide groups is 1. The Labute approximate surface area is 250 Å². The second-order valence-corrected chi connectivity index (χ2v) is 10.6. The number of nitro benzene ring substituents is 1. The minimum absolute atomic E-state index is 0.0234. The van der Waals surface area contributed by atoms with Crippen LogP contribution in [-0.2, 0) is 9.59 Å². The lowest BCUT2D eigenvalue weighted by atomic mass is 9.82. The molecule has 3 aromatic carbocycles. The molecule has 0 radical (unpaired) electrons. The minimum Gasteiger partial charge on any atom is -0.423 e. The van der Waals surface area contributed by atoms with Crippen molar-refractivity contribution >= 4 is 46.8 Å². The molecule has 218 valence electrons. The van der Waals surface area contributed by atoms with Gasteiger partial charge < -0.3 is 4.74 Å². The molecule has 0 aromatic heterocycles. The number of hydrogen-bond donors (Lipinski definition) is 0. The number of amides is 3. The van der Waals surface area contributed by atoms with Gasteiger partial charge >= 0.3 is 5.97 Å². The van der Waals surface area contributed by atoms with Crippen LogP contribution in [0, 0.1) is 22.0 Å². The highest BCUT2D eigenvalue weighted by Gasteiger charge is 2.51. The maximum absolute atomic E-state index is 13.7. The highest BCUT2D eigenvalue weighted by Crippen LogP contribution is 2.39. The van der Waals surface area contributed by atoms with Crippen molar-refractivity contribution in [2.75, 3.05) is 6.54 Å². The number of carbonyl (C=O) groups excluding carboxylic acids is 5. The third-order valence-electron chi connectivity index (χ3n) is 7.37. The predicted octanol–water partition coefficient (Wildman–Crippen LogP) is 5.05. The number of ketones is 1. The molecular formula is C31H24ClN3O8. The largest absolute Gasteiger partial charge is 0.423 e. The first-order chi connectivity index (χ1) is 20.5. The summed E-state index contributed by atoms with van der Waals surface area (Å²) in [7, 11) is 0. The molecule has 1 aliphatic carbocycles. The number of nitrogens with zero attached hydrogens (tertiary/aromatic N) is 3. The first kappa shape index (κ1) is 29.3. The van der Waals surface area contributed by atoms with E-state index in [1.54, 1.807) is 12.1 Å². The fraction of sp³-hybridized carbons (Fsp3) is 0.194. The molecule has 12 heteroatoms. The first-order valence-corrected chi connectivity index (χ1v) is 13.6. The average molecular weight is 602 g/mol. The van der Waals surface area contributed by atoms with Gasteiger partial charge in [-0.3, -0.25) is 29.3 Å². The van der Waals surface area contributed by atoms with Crippen LogP contribution in [0.3, 0.4) is 0 Å². The van der Waals surface area contributed by atoms with Gasteiger partial charge in [0, 0.05) is 17.7 Å². The van der Waals surface area contributed by atoms with Gasteiger partial charge in [0.25, 0.3) is 23.4 Å². The van der Waals surface area contributed by atoms with Crippen LogP contribution in [0.15, 0.2) is 84.4 Å². The third kappa shape index (κ3) is 5.93. The number of rotatable bonds is 8. The van der Waals surface area contributed by atoms with E-state index in [-0.39, 0.29) is 33.1 Å². The quantitative estimate of drug-likeness (QED) is 0.0663. The number of non-ortho nitro benzene ring substituents is 1. The zero-order chi connectivity index (χ0) is 30.8. The molecule has 1 fully saturated rings. The molecule has 1 saturated heterocycles. The van der Waals surface area contributed by atoms with Gasteiger partial charge in [0.1, 0.15) is 12.3 Å². The van der Waals surface area contributed by atoms with Crippen molar-refractivity contribution in [1.29, 1.82) is 0 Å². The van der Waals surface area contributed by atoms with Crippen LogP contribution in [0.5, 0.6) is 5.75 Å². The van der Waals surface area contributed by atoms with Crippen LogP contribution in [0.4, 0.5) is 5.69 Å². The van der Waals surface area contributed by atoms with Crippen LogP contribution in [0.1, 0.15) is 50.8 Å². The third-order valence-corrected chi connectivity index (χ3v) is 7.70. The van der Waals surface area contributed by atoms with Crippen molar-refractivity contribution < 1.29 is 33.6 Å². The summed E-state index contributed by atoms with van der Waals surface area (Å²) in [4.78, 5) is 76.6. The molecule has 0 saturated carbocycles. The summed E-state index contributed by atoms with van der Waals surface area (Å²) in [6.45, 7) is 1.25. The predicted molar refractivity (Wildman–Crippen MR) is 153 cm³/mol. The minimum atomic E-state index is -0.780. The SMILES string of the molecule is CC1=CC[C@@H]2C(=O)N(N(CC(=O)c3ccc(OC(=O)c4ccc([N+](=O)[O-])cc4)cc3)C(=O)c3ccccc3Cl)C(=O)[C@@H]2C1. The fourth-order valence-corrected chi connectivity index (χ4v) is 5.30. The number of nitro groups is 1. The number of carbonyl (C=O) groups is 5. The number of fused-ring (bicyclic) bond motifs is 1. The normalized spacial score (nSPS) is 17.6. The molecule has 0 N–H and O–H groups in total. The number of allylic oxidation sites excluding steroid dienone is 2. The van der Waals surface area contributed by atoms with Gasteiger partial charge in [-0.25, -0.2) is 9.80 Å². The Bertz CT molecular complexity index is 1680. The molecule has 0 bridgehead atoms. The van der Waals surface area contributed by atoms with Crippen molar-refractivity contribution in [1.82, 2.24) is 10.0 Å². The van der Waals surface area contributed by atoms with Crippen molar-refractivity contribution in [3.63, 3.8) is 0 Å². The molecule has 5 rings (SSSR count). The Morgan fingerprint density at radius 1 is 0.953 bits per heavy atom. The molecule has 1 aliphatic heterocycles. The molecule has 43 heavy (non-hydrogen) atoms. The number of esters is 1. The van der Waals surface area contributed by atoms with Gasteiger partial charge in [-0.15, -0.1) is 0 Å². The summed E-state index contributed by atoms with van der Waals surface area (Å²) in [5.41, 5.74) is 1.03. The molecule has 2 aliphatic rings. The van der Waals surface area contributed by atoms with Gasteiger partial charge in [-0.05, 0) is 68.3 Å². The van der Waals surface area contributed by atoms with Crippen molar-refractivity contribution in [3.8, 4) is 5.75 Å². The second-order valence-electron chi connectivity index (χ2n) is 10.2. The number of halogens is 1. The number of benzene rings is 3. The maximum atomic E-state index is 13.7. The van der Waals surface area contributed by atoms with Crippen LogP contribution >= 0.6 is 11.6 Å². The van der Waals surface area contributed by atoms with Gasteiger partial charge in [0.15, 0.2) is 5.78 Å². The van der Waals surface area contributed by atoms with Crippen LogP contribution in [0.2, 0.25) is 5.02 Å². The van der Waals surface area contributed by atoms with Crippen molar-refractivity contribution in [2.45, 2.75) is 19.8 Å². The standard InChI is InChI=1S/C31H24ClN3O8/c1-18-6-15-23-25(16-18)30(39)34(29(23)38)33(28(37)24-4-2-3-5-26(24)32)17-27(36)19-9-13-22(14-10-19)43-31(40)20-7-11-21(12-8-20)35(41)42/h2-14,23,25H,15-17H2,1H3/t23-,25+/m0/s1. The van der Waals surface area contributed by atoms with E-state index in [1.807, 2.05) is 13.0 Å². The van der Waals surface area contributed by atoms with Crippen LogP contribution < -0.4 is 4.74 Å². The van der Waals surface area contributed by atoms with Crippen LogP contribution in [0.25, 0.3) is 0 Å². The highest BCUT2D eigenvalue weighted by atomic mass is 35.5. The topological polar surface area (TPSA) is 144 Å². The molecule has 3 aromatic rings. The highest BCUT2D eigenvalue weighted by molar-refractivity contribution is 6.34. The number of ether oxygens (including phenoxy) is 1. The first-order valence-electron chi connectivity index (χ1n) is 13.2. The van der Waals surface area contributed by atoms with Crippen LogP contribution in [-0.4, -0.2) is 51.0 Å². The molecule has 0 unspecified atom stereocenters. The average Bonchev–Trinajstić information content (AvgIpc) is 3.24. The Balaban J connectivity index is 1.36. The summed E-state index contributed by atoms with van der Waals surface area (Å²) in [5, 5.41) is 12.6.